The molecule has 0 aromatic rings. The van der Waals surface area contributed by atoms with Crippen LogP contribution in [0.1, 0.15) is 6.42 Å². The van der Waals surface area contributed by atoms with Crippen molar-refractivity contribution in [2.24, 2.45) is 5.73 Å². The highest BCUT2D eigenvalue weighted by molar-refractivity contribution is 8.13. The third-order valence-electron chi connectivity index (χ3n) is 1.82. The predicted octanol–water partition coefficient (Wildman–Crippen LogP) is 1.30. The molecule has 3 N–H and O–H groups in total. The molecule has 8 heteroatoms. The Morgan fingerprint density at radius 3 is 2.07 bits per heavy atom. The van der Waals surface area contributed by atoms with Crippen LogP contribution in [0, 0.1) is 5.41 Å². The number of amidine groups is 1. The van der Waals surface area contributed by atoms with Crippen LogP contribution in [-0.2, 0) is 13.3 Å². The molecule has 0 radical (unpaired) electrons. The van der Waals surface area contributed by atoms with E-state index >= 15 is 0 Å². The molecule has 0 aliphatic rings. The minimum absolute atomic E-state index is 0. The van der Waals surface area contributed by atoms with E-state index in [4.69, 9.17) is 24.4 Å². The first-order valence-electron chi connectivity index (χ1n) is 4.22. The quantitative estimate of drug-likeness (QED) is 0.317. The summed E-state index contributed by atoms with van der Waals surface area (Å²) in [7, 11) is 2.37. The summed E-state index contributed by atoms with van der Waals surface area (Å²) in [5, 5.41) is 7.16. The van der Waals surface area contributed by atoms with Crippen molar-refractivity contribution in [2.45, 2.75) is 12.5 Å². The van der Waals surface area contributed by atoms with Gasteiger partial charge in [0.05, 0.1) is 0 Å². The highest BCUT2D eigenvalue weighted by Crippen LogP contribution is 2.16. The third kappa shape index (κ3) is 7.15. The second-order valence-corrected chi connectivity index (χ2v) is 6.84. The molecular weight excluding hydrogens is 256 g/mol. The molecule has 0 aromatic heterocycles. The maximum Gasteiger partial charge on any atom is 0.500 e. The molecule has 0 atom stereocenters. The van der Waals surface area contributed by atoms with E-state index in [1.807, 2.05) is 0 Å². The molecule has 0 bridgehead atoms. The first-order valence-corrected chi connectivity index (χ1v) is 7.14. The molecule has 0 saturated heterocycles. The standard InChI is InChI=1S/C7H18N2O3SSi.ClH/c1-10-14(11-2,12-3)6-4-5-13-7(8)9;/h4-6H2,1-3H3,(H3,8,9);1H. The number of hydrogen-bond donors (Lipinski definition) is 2. The van der Waals surface area contributed by atoms with E-state index in [0.29, 0.717) is 0 Å². The van der Waals surface area contributed by atoms with E-state index < -0.39 is 8.80 Å². The Bertz CT molecular complexity index is 175. The number of thioether (sulfide) groups is 1. The van der Waals surface area contributed by atoms with Crippen molar-refractivity contribution in [3.05, 3.63) is 0 Å². The Hall–Kier alpha value is 0.207. The lowest BCUT2D eigenvalue weighted by atomic mass is 10.6. The van der Waals surface area contributed by atoms with Crippen LogP contribution in [0.15, 0.2) is 0 Å². The Balaban J connectivity index is 0. The molecule has 92 valence electrons. The van der Waals surface area contributed by atoms with Gasteiger partial charge >= 0.3 is 8.80 Å². The summed E-state index contributed by atoms with van der Waals surface area (Å²) in [6, 6.07) is 0.747. The summed E-state index contributed by atoms with van der Waals surface area (Å²) in [5.74, 6) is 0.792. The molecule has 0 aliphatic carbocycles. The molecule has 0 aliphatic heterocycles. The normalized spacial score (nSPS) is 10.9. The van der Waals surface area contributed by atoms with E-state index in [1.165, 1.54) is 11.8 Å². The summed E-state index contributed by atoms with van der Waals surface area (Å²) in [6.45, 7) is 0. The number of rotatable bonds is 7. The van der Waals surface area contributed by atoms with Crippen molar-refractivity contribution < 1.29 is 13.3 Å². The number of hydrogen-bond acceptors (Lipinski definition) is 5. The zero-order valence-corrected chi connectivity index (χ0v) is 11.9. The monoisotopic (exact) mass is 274 g/mol. The molecule has 0 saturated carbocycles. The lowest BCUT2D eigenvalue weighted by Crippen LogP contribution is -2.42. The molecule has 0 unspecified atom stereocenters. The zero-order valence-electron chi connectivity index (χ0n) is 9.24. The van der Waals surface area contributed by atoms with E-state index in [9.17, 15) is 0 Å². The van der Waals surface area contributed by atoms with Gasteiger partial charge in [-0.3, -0.25) is 5.41 Å². The minimum Gasteiger partial charge on any atom is -0.379 e. The summed E-state index contributed by atoms with van der Waals surface area (Å²) < 4.78 is 15.7. The van der Waals surface area contributed by atoms with Crippen LogP contribution < -0.4 is 5.73 Å². The molecule has 0 heterocycles. The first-order chi connectivity index (χ1) is 6.60. The van der Waals surface area contributed by atoms with Crippen molar-refractivity contribution >= 4 is 38.1 Å². The topological polar surface area (TPSA) is 77.6 Å². The van der Waals surface area contributed by atoms with Gasteiger partial charge in [-0.1, -0.05) is 11.8 Å². The average molecular weight is 275 g/mol. The van der Waals surface area contributed by atoms with Gasteiger partial charge in [0.1, 0.15) is 0 Å². The Morgan fingerprint density at radius 1 is 1.27 bits per heavy atom. The zero-order chi connectivity index (χ0) is 11.0. The fourth-order valence-corrected chi connectivity index (χ4v) is 3.51. The van der Waals surface area contributed by atoms with Gasteiger partial charge in [-0.25, -0.2) is 0 Å². The van der Waals surface area contributed by atoms with Crippen LogP contribution in [0.2, 0.25) is 6.04 Å². The average Bonchev–Trinajstić information content (AvgIpc) is 2.19. The van der Waals surface area contributed by atoms with Gasteiger partial charge in [-0.05, 0) is 6.42 Å². The summed E-state index contributed by atoms with van der Waals surface area (Å²) in [5.41, 5.74) is 5.20. The van der Waals surface area contributed by atoms with Gasteiger partial charge in [-0.15, -0.1) is 12.4 Å². The third-order valence-corrected chi connectivity index (χ3v) is 5.45. The summed E-state index contributed by atoms with van der Waals surface area (Å²) in [4.78, 5) is 0. The van der Waals surface area contributed by atoms with E-state index in [1.54, 1.807) is 21.3 Å². The van der Waals surface area contributed by atoms with Crippen LogP contribution in [0.5, 0.6) is 0 Å². The number of nitrogens with one attached hydrogen (secondary N) is 1. The summed E-state index contributed by atoms with van der Waals surface area (Å²) in [6.07, 6.45) is 0.867. The van der Waals surface area contributed by atoms with Gasteiger partial charge < -0.3 is 19.0 Å². The lowest BCUT2D eigenvalue weighted by molar-refractivity contribution is 0.123. The van der Waals surface area contributed by atoms with E-state index in [-0.39, 0.29) is 17.6 Å². The van der Waals surface area contributed by atoms with E-state index in [0.717, 1.165) is 18.2 Å². The van der Waals surface area contributed by atoms with Crippen LogP contribution in [0.3, 0.4) is 0 Å². The fourth-order valence-electron chi connectivity index (χ4n) is 1.03. The van der Waals surface area contributed by atoms with Crippen molar-refractivity contribution in [1.29, 1.82) is 5.41 Å². The molecule has 0 amide bonds. The number of nitrogens with two attached hydrogens (primary N) is 1. The molecule has 0 fully saturated rings. The van der Waals surface area contributed by atoms with Gasteiger partial charge in [0.25, 0.3) is 0 Å². The Labute approximate surface area is 102 Å². The van der Waals surface area contributed by atoms with Gasteiger partial charge in [0, 0.05) is 33.1 Å². The second kappa shape index (κ2) is 9.43. The van der Waals surface area contributed by atoms with Gasteiger partial charge in [0.2, 0.25) is 0 Å². The minimum atomic E-state index is -2.41. The first kappa shape index (κ1) is 17.6. The molecule has 5 nitrogen and oxygen atoms in total. The van der Waals surface area contributed by atoms with Crippen LogP contribution in [-0.4, -0.2) is 41.1 Å². The maximum atomic E-state index is 7.02. The SMILES string of the molecule is CO[Si](CCCSC(=N)N)(OC)OC.Cl. The highest BCUT2D eigenvalue weighted by atomic mass is 35.5. The second-order valence-electron chi connectivity index (χ2n) is 2.61. The smallest absolute Gasteiger partial charge is 0.379 e. The van der Waals surface area contributed by atoms with Crippen LogP contribution >= 0.6 is 24.2 Å². The molecule has 15 heavy (non-hydrogen) atoms. The summed E-state index contributed by atoms with van der Waals surface area (Å²) >= 11 is 1.32. The van der Waals surface area contributed by atoms with E-state index in [2.05, 4.69) is 0 Å². The van der Waals surface area contributed by atoms with Crippen LogP contribution in [0.4, 0.5) is 0 Å². The Morgan fingerprint density at radius 2 is 1.73 bits per heavy atom. The molecule has 0 spiro atoms. The van der Waals surface area contributed by atoms with Gasteiger partial charge in [0.15, 0.2) is 5.17 Å². The van der Waals surface area contributed by atoms with Gasteiger partial charge in [-0.2, -0.15) is 0 Å². The largest absolute Gasteiger partial charge is 0.500 e. The van der Waals surface area contributed by atoms with Crippen molar-refractivity contribution in [2.75, 3.05) is 27.1 Å². The van der Waals surface area contributed by atoms with Crippen molar-refractivity contribution in [1.82, 2.24) is 0 Å². The molecule has 0 rings (SSSR count). The van der Waals surface area contributed by atoms with Crippen molar-refractivity contribution in [3.8, 4) is 0 Å². The van der Waals surface area contributed by atoms with Crippen molar-refractivity contribution in [3.63, 3.8) is 0 Å². The maximum absolute atomic E-state index is 7.02. The fraction of sp³-hybridized carbons (Fsp3) is 0.857. The molecule has 0 aromatic carbocycles. The highest BCUT2D eigenvalue weighted by Gasteiger charge is 2.36. The molecular formula is C7H19ClN2O3SSi. The predicted molar refractivity (Wildman–Crippen MR) is 67.8 cm³/mol. The lowest BCUT2D eigenvalue weighted by Gasteiger charge is -2.23. The Kier molecular flexibility index (Phi) is 11.1. The van der Waals surface area contributed by atoms with Crippen LogP contribution in [0.25, 0.3) is 0 Å². The number of halogens is 1.